The minimum absolute atomic E-state index is 0.404. The van der Waals surface area contributed by atoms with Gasteiger partial charge in [-0.2, -0.15) is 0 Å². The Bertz CT molecular complexity index is 541. The first-order valence-corrected chi connectivity index (χ1v) is 7.91. The SMILES string of the molecule is CCNC(CCC(C)C)c1c(CC)oc2ccccc12. The zero-order valence-corrected chi connectivity index (χ0v) is 13.2. The van der Waals surface area contributed by atoms with Gasteiger partial charge in [0, 0.05) is 23.4 Å². The summed E-state index contributed by atoms with van der Waals surface area (Å²) in [5.74, 6) is 1.88. The van der Waals surface area contributed by atoms with Crippen molar-refractivity contribution in [3.05, 3.63) is 35.6 Å². The van der Waals surface area contributed by atoms with Gasteiger partial charge in [-0.05, 0) is 31.4 Å². The molecule has 0 saturated carbocycles. The van der Waals surface area contributed by atoms with Crippen molar-refractivity contribution in [2.24, 2.45) is 5.92 Å². The van der Waals surface area contributed by atoms with Crippen molar-refractivity contribution < 1.29 is 4.42 Å². The Morgan fingerprint density at radius 1 is 1.10 bits per heavy atom. The Hall–Kier alpha value is -1.28. The van der Waals surface area contributed by atoms with Crippen LogP contribution in [0.4, 0.5) is 0 Å². The van der Waals surface area contributed by atoms with Crippen LogP contribution in [0.15, 0.2) is 28.7 Å². The molecule has 1 heterocycles. The number of nitrogens with one attached hydrogen (secondary N) is 1. The van der Waals surface area contributed by atoms with E-state index in [1.54, 1.807) is 0 Å². The van der Waals surface area contributed by atoms with Crippen molar-refractivity contribution in [2.45, 2.75) is 53.0 Å². The van der Waals surface area contributed by atoms with Gasteiger partial charge in [0.2, 0.25) is 0 Å². The second-order valence-electron chi connectivity index (χ2n) is 5.87. The highest BCUT2D eigenvalue weighted by atomic mass is 16.3. The molecule has 0 amide bonds. The Morgan fingerprint density at radius 2 is 1.85 bits per heavy atom. The van der Waals surface area contributed by atoms with Crippen molar-refractivity contribution in [3.8, 4) is 0 Å². The number of hydrogen-bond acceptors (Lipinski definition) is 2. The molecule has 2 rings (SSSR count). The molecule has 20 heavy (non-hydrogen) atoms. The number of fused-ring (bicyclic) bond motifs is 1. The van der Waals surface area contributed by atoms with Gasteiger partial charge < -0.3 is 9.73 Å². The van der Waals surface area contributed by atoms with Crippen molar-refractivity contribution in [1.82, 2.24) is 5.32 Å². The maximum absolute atomic E-state index is 6.04. The van der Waals surface area contributed by atoms with Crippen LogP contribution in [0.3, 0.4) is 0 Å². The summed E-state index contributed by atoms with van der Waals surface area (Å²) >= 11 is 0. The van der Waals surface area contributed by atoms with Crippen LogP contribution >= 0.6 is 0 Å². The number of rotatable bonds is 7. The second kappa shape index (κ2) is 6.94. The van der Waals surface area contributed by atoms with Crippen LogP contribution in [0.25, 0.3) is 11.0 Å². The van der Waals surface area contributed by atoms with Crippen LogP contribution in [0, 0.1) is 5.92 Å². The normalized spacial score (nSPS) is 13.2. The molecule has 0 aliphatic carbocycles. The molecule has 0 spiro atoms. The quantitative estimate of drug-likeness (QED) is 0.760. The highest BCUT2D eigenvalue weighted by molar-refractivity contribution is 5.82. The summed E-state index contributed by atoms with van der Waals surface area (Å²) in [6, 6.07) is 8.81. The fraction of sp³-hybridized carbons (Fsp3) is 0.556. The number of furan rings is 1. The molecule has 0 radical (unpaired) electrons. The van der Waals surface area contributed by atoms with Crippen LogP contribution < -0.4 is 5.32 Å². The molecule has 110 valence electrons. The van der Waals surface area contributed by atoms with Crippen molar-refractivity contribution in [3.63, 3.8) is 0 Å². The summed E-state index contributed by atoms with van der Waals surface area (Å²) in [7, 11) is 0. The standard InChI is InChI=1S/C18H27NO/c1-5-16-18(14-9-7-8-10-17(14)20-16)15(19-6-2)12-11-13(3)4/h7-10,13,15,19H,5-6,11-12H2,1-4H3. The molecule has 2 aromatic rings. The second-order valence-corrected chi connectivity index (χ2v) is 5.87. The smallest absolute Gasteiger partial charge is 0.134 e. The average molecular weight is 273 g/mol. The maximum Gasteiger partial charge on any atom is 0.134 e. The van der Waals surface area contributed by atoms with Gasteiger partial charge in [0.05, 0.1) is 0 Å². The molecule has 2 heteroatoms. The van der Waals surface area contributed by atoms with Crippen molar-refractivity contribution in [1.29, 1.82) is 0 Å². The first kappa shape index (κ1) is 15.1. The summed E-state index contributed by atoms with van der Waals surface area (Å²) < 4.78 is 6.04. The predicted octanol–water partition coefficient (Wildman–Crippen LogP) is 5.08. The van der Waals surface area contributed by atoms with Gasteiger partial charge in [0.1, 0.15) is 11.3 Å². The molecule has 2 nitrogen and oxygen atoms in total. The van der Waals surface area contributed by atoms with Crippen molar-refractivity contribution in [2.75, 3.05) is 6.54 Å². The summed E-state index contributed by atoms with van der Waals surface area (Å²) in [6.07, 6.45) is 3.36. The Kier molecular flexibility index (Phi) is 5.24. The first-order valence-electron chi connectivity index (χ1n) is 7.91. The summed E-state index contributed by atoms with van der Waals surface area (Å²) in [5.41, 5.74) is 2.40. The van der Waals surface area contributed by atoms with Gasteiger partial charge in [-0.1, -0.05) is 45.9 Å². The Morgan fingerprint density at radius 3 is 2.50 bits per heavy atom. The molecule has 0 fully saturated rings. The highest BCUT2D eigenvalue weighted by Crippen LogP contribution is 2.34. The summed E-state index contributed by atoms with van der Waals surface area (Å²) in [5, 5.41) is 4.92. The fourth-order valence-electron chi connectivity index (χ4n) is 2.86. The minimum atomic E-state index is 0.404. The largest absolute Gasteiger partial charge is 0.461 e. The van der Waals surface area contributed by atoms with E-state index in [-0.39, 0.29) is 0 Å². The molecule has 1 unspecified atom stereocenters. The predicted molar refractivity (Wildman–Crippen MR) is 86.1 cm³/mol. The van der Waals surface area contributed by atoms with Crippen LogP contribution in [-0.2, 0) is 6.42 Å². The van der Waals surface area contributed by atoms with Gasteiger partial charge in [-0.3, -0.25) is 0 Å². The number of benzene rings is 1. The summed E-state index contributed by atoms with van der Waals surface area (Å²) in [4.78, 5) is 0. The third-order valence-corrected chi connectivity index (χ3v) is 3.86. The van der Waals surface area contributed by atoms with Crippen LogP contribution in [0.5, 0.6) is 0 Å². The minimum Gasteiger partial charge on any atom is -0.461 e. The monoisotopic (exact) mass is 273 g/mol. The van der Waals surface area contributed by atoms with Crippen molar-refractivity contribution >= 4 is 11.0 Å². The molecule has 0 aliphatic rings. The molecule has 1 N–H and O–H groups in total. The third kappa shape index (κ3) is 3.24. The topological polar surface area (TPSA) is 25.2 Å². The van der Waals surface area contributed by atoms with E-state index in [9.17, 15) is 0 Å². The van der Waals surface area contributed by atoms with E-state index in [0.29, 0.717) is 6.04 Å². The van der Waals surface area contributed by atoms with Gasteiger partial charge in [0.15, 0.2) is 0 Å². The van der Waals surface area contributed by atoms with E-state index in [4.69, 9.17) is 4.42 Å². The molecular weight excluding hydrogens is 246 g/mol. The van der Waals surface area contributed by atoms with Gasteiger partial charge in [0.25, 0.3) is 0 Å². The Balaban J connectivity index is 2.39. The van der Waals surface area contributed by atoms with E-state index >= 15 is 0 Å². The van der Waals surface area contributed by atoms with E-state index < -0.39 is 0 Å². The molecule has 0 aliphatic heterocycles. The lowest BCUT2D eigenvalue weighted by molar-refractivity contribution is 0.439. The lowest BCUT2D eigenvalue weighted by Crippen LogP contribution is -2.22. The Labute approximate surface area is 122 Å². The first-order chi connectivity index (χ1) is 9.67. The maximum atomic E-state index is 6.04. The molecule has 0 saturated heterocycles. The fourth-order valence-corrected chi connectivity index (χ4v) is 2.86. The zero-order valence-electron chi connectivity index (χ0n) is 13.2. The number of hydrogen-bond donors (Lipinski definition) is 1. The number of aryl methyl sites for hydroxylation is 1. The van der Waals surface area contributed by atoms with E-state index in [2.05, 4.69) is 51.2 Å². The average Bonchev–Trinajstić information content (AvgIpc) is 2.81. The van der Waals surface area contributed by atoms with Crippen LogP contribution in [-0.4, -0.2) is 6.54 Å². The van der Waals surface area contributed by atoms with Gasteiger partial charge in [-0.15, -0.1) is 0 Å². The van der Waals surface area contributed by atoms with E-state index in [0.717, 1.165) is 30.2 Å². The molecule has 1 atom stereocenters. The highest BCUT2D eigenvalue weighted by Gasteiger charge is 2.21. The van der Waals surface area contributed by atoms with E-state index in [1.807, 2.05) is 6.07 Å². The van der Waals surface area contributed by atoms with Gasteiger partial charge >= 0.3 is 0 Å². The van der Waals surface area contributed by atoms with Crippen LogP contribution in [0.1, 0.15) is 57.9 Å². The number of para-hydroxylation sites is 1. The lowest BCUT2D eigenvalue weighted by atomic mass is 9.94. The summed E-state index contributed by atoms with van der Waals surface area (Å²) in [6.45, 7) is 9.92. The third-order valence-electron chi connectivity index (χ3n) is 3.86. The molecule has 1 aromatic carbocycles. The molecule has 1 aromatic heterocycles. The zero-order chi connectivity index (χ0) is 14.5. The lowest BCUT2D eigenvalue weighted by Gasteiger charge is -2.19. The molecular formula is C18H27NO. The molecule has 0 bridgehead atoms. The van der Waals surface area contributed by atoms with Gasteiger partial charge in [-0.25, -0.2) is 0 Å². The van der Waals surface area contributed by atoms with Crippen LogP contribution in [0.2, 0.25) is 0 Å². The van der Waals surface area contributed by atoms with E-state index in [1.165, 1.54) is 23.8 Å².